The van der Waals surface area contributed by atoms with Crippen LogP contribution in [-0.4, -0.2) is 15.2 Å². The predicted octanol–water partition coefficient (Wildman–Crippen LogP) is 1.73. The first-order chi connectivity index (χ1) is 6.84. The van der Waals surface area contributed by atoms with Gasteiger partial charge < -0.3 is 9.73 Å². The molecule has 0 bridgehead atoms. The third-order valence-electron chi connectivity index (χ3n) is 1.57. The first-order valence-corrected chi connectivity index (χ1v) is 4.32. The molecule has 0 fully saturated rings. The molecule has 14 heavy (non-hydrogen) atoms. The van der Waals surface area contributed by atoms with Crippen LogP contribution in [0, 0.1) is 0 Å². The highest BCUT2D eigenvalue weighted by molar-refractivity contribution is 6.29. The Hall–Kier alpha value is -1.62. The first kappa shape index (κ1) is 8.96. The Labute approximate surface area is 85.1 Å². The molecule has 0 unspecified atom stereocenters. The minimum Gasteiger partial charge on any atom is -0.451 e. The summed E-state index contributed by atoms with van der Waals surface area (Å²) in [7, 11) is 0. The number of rotatable bonds is 3. The van der Waals surface area contributed by atoms with Crippen LogP contribution in [0.5, 0.6) is 0 Å². The number of hydrogen-bond acceptors (Lipinski definition) is 5. The fourth-order valence-electron chi connectivity index (χ4n) is 0.916. The molecule has 0 radical (unpaired) electrons. The van der Waals surface area contributed by atoms with Crippen molar-refractivity contribution in [2.45, 2.75) is 6.54 Å². The molecule has 0 amide bonds. The minimum atomic E-state index is 0.372. The van der Waals surface area contributed by atoms with Crippen molar-refractivity contribution in [3.05, 3.63) is 35.6 Å². The summed E-state index contributed by atoms with van der Waals surface area (Å²) in [5.41, 5.74) is 0.807. The van der Waals surface area contributed by atoms with Crippen molar-refractivity contribution < 1.29 is 4.42 Å². The average molecular weight is 211 g/mol. The highest BCUT2D eigenvalue weighted by atomic mass is 35.5. The third kappa shape index (κ3) is 2.20. The van der Waals surface area contributed by atoms with Gasteiger partial charge in [0.1, 0.15) is 12.1 Å². The number of aromatic nitrogens is 3. The van der Waals surface area contributed by atoms with E-state index in [2.05, 4.69) is 20.5 Å². The van der Waals surface area contributed by atoms with Crippen LogP contribution in [0.3, 0.4) is 0 Å². The average Bonchev–Trinajstić information content (AvgIpc) is 2.70. The van der Waals surface area contributed by atoms with Gasteiger partial charge in [0.2, 0.25) is 0 Å². The van der Waals surface area contributed by atoms with Gasteiger partial charge in [-0.2, -0.15) is 0 Å². The molecule has 2 rings (SSSR count). The summed E-state index contributed by atoms with van der Waals surface area (Å²) in [6.07, 6.45) is 2.95. The predicted molar refractivity (Wildman–Crippen MR) is 50.9 cm³/mol. The molecule has 0 aliphatic rings. The maximum atomic E-state index is 5.58. The monoisotopic (exact) mass is 210 g/mol. The fourth-order valence-corrected chi connectivity index (χ4v) is 1.02. The van der Waals surface area contributed by atoms with Crippen molar-refractivity contribution in [1.29, 1.82) is 0 Å². The van der Waals surface area contributed by atoms with Crippen molar-refractivity contribution in [1.82, 2.24) is 15.2 Å². The third-order valence-corrected chi connectivity index (χ3v) is 1.77. The number of halogens is 1. The number of nitrogens with zero attached hydrogens (tertiary/aromatic N) is 3. The van der Waals surface area contributed by atoms with Crippen molar-refractivity contribution >= 4 is 17.4 Å². The van der Waals surface area contributed by atoms with E-state index in [-0.39, 0.29) is 0 Å². The molecule has 2 aromatic rings. The van der Waals surface area contributed by atoms with Crippen LogP contribution in [0.1, 0.15) is 5.69 Å². The Bertz CT molecular complexity index is 386. The zero-order chi connectivity index (χ0) is 9.80. The molecule has 0 atom stereocenters. The van der Waals surface area contributed by atoms with E-state index in [0.29, 0.717) is 17.5 Å². The summed E-state index contributed by atoms with van der Waals surface area (Å²) < 4.78 is 4.81. The van der Waals surface area contributed by atoms with E-state index < -0.39 is 0 Å². The molecule has 2 heterocycles. The van der Waals surface area contributed by atoms with E-state index in [0.717, 1.165) is 5.69 Å². The highest BCUT2D eigenvalue weighted by Gasteiger charge is 1.97. The molecule has 2 aromatic heterocycles. The van der Waals surface area contributed by atoms with Crippen LogP contribution in [0.15, 0.2) is 29.2 Å². The summed E-state index contributed by atoms with van der Waals surface area (Å²) in [6.45, 7) is 0.548. The summed E-state index contributed by atoms with van der Waals surface area (Å²) in [5.74, 6) is 0.650. The van der Waals surface area contributed by atoms with Gasteiger partial charge in [-0.3, -0.25) is 0 Å². The van der Waals surface area contributed by atoms with Crippen molar-refractivity contribution in [3.8, 4) is 0 Å². The van der Waals surface area contributed by atoms with Gasteiger partial charge >= 0.3 is 0 Å². The van der Waals surface area contributed by atoms with Crippen LogP contribution < -0.4 is 5.32 Å². The van der Waals surface area contributed by atoms with Crippen LogP contribution in [0.4, 0.5) is 5.82 Å². The quantitative estimate of drug-likeness (QED) is 0.836. The van der Waals surface area contributed by atoms with E-state index in [1.54, 1.807) is 18.4 Å². The Balaban J connectivity index is 1.95. The second-order valence-corrected chi connectivity index (χ2v) is 2.96. The lowest BCUT2D eigenvalue weighted by molar-refractivity contribution is 0.556. The maximum Gasteiger partial charge on any atom is 0.180 e. The lowest BCUT2D eigenvalue weighted by Gasteiger charge is -2.00. The minimum absolute atomic E-state index is 0.372. The Morgan fingerprint density at radius 2 is 2.29 bits per heavy atom. The lowest BCUT2D eigenvalue weighted by Crippen LogP contribution is -2.02. The molecule has 0 spiro atoms. The molecule has 0 saturated heterocycles. The zero-order valence-corrected chi connectivity index (χ0v) is 7.90. The second kappa shape index (κ2) is 4.06. The molecule has 0 aromatic carbocycles. The van der Waals surface area contributed by atoms with Crippen molar-refractivity contribution in [2.24, 2.45) is 0 Å². The van der Waals surface area contributed by atoms with E-state index in [4.69, 9.17) is 16.0 Å². The molecule has 72 valence electrons. The van der Waals surface area contributed by atoms with E-state index in [9.17, 15) is 0 Å². The highest BCUT2D eigenvalue weighted by Crippen LogP contribution is 2.07. The van der Waals surface area contributed by atoms with Gasteiger partial charge in [-0.25, -0.2) is 4.98 Å². The Morgan fingerprint density at radius 1 is 1.36 bits per heavy atom. The van der Waals surface area contributed by atoms with Gasteiger partial charge in [-0.05, 0) is 12.1 Å². The van der Waals surface area contributed by atoms with Crippen molar-refractivity contribution in [2.75, 3.05) is 5.32 Å². The van der Waals surface area contributed by atoms with Crippen LogP contribution in [-0.2, 0) is 6.54 Å². The molecule has 0 aliphatic carbocycles. The fraction of sp³-hybridized carbons (Fsp3) is 0.125. The topological polar surface area (TPSA) is 63.8 Å². The number of hydrogen-bond donors (Lipinski definition) is 1. The van der Waals surface area contributed by atoms with Crippen LogP contribution >= 0.6 is 11.6 Å². The van der Waals surface area contributed by atoms with Gasteiger partial charge in [0, 0.05) is 0 Å². The molecule has 0 aliphatic heterocycles. The Kier molecular flexibility index (Phi) is 2.60. The largest absolute Gasteiger partial charge is 0.451 e. The van der Waals surface area contributed by atoms with Crippen LogP contribution in [0.2, 0.25) is 5.15 Å². The molecule has 1 N–H and O–H groups in total. The molecule has 6 heteroatoms. The smallest absolute Gasteiger partial charge is 0.180 e. The number of anilines is 1. The second-order valence-electron chi connectivity index (χ2n) is 2.57. The zero-order valence-electron chi connectivity index (χ0n) is 7.14. The summed E-state index contributed by atoms with van der Waals surface area (Å²) in [4.78, 5) is 3.95. The number of nitrogens with one attached hydrogen (secondary N) is 1. The van der Waals surface area contributed by atoms with Gasteiger partial charge in [-0.1, -0.05) is 11.6 Å². The summed E-state index contributed by atoms with van der Waals surface area (Å²) >= 11 is 5.58. The first-order valence-electron chi connectivity index (χ1n) is 3.95. The van der Waals surface area contributed by atoms with E-state index in [1.165, 1.54) is 6.39 Å². The molecule has 0 saturated carbocycles. The molecular formula is C8H7ClN4O. The number of oxazole rings is 1. The van der Waals surface area contributed by atoms with Crippen molar-refractivity contribution in [3.63, 3.8) is 0 Å². The standard InChI is InChI=1S/C8H7ClN4O/c9-7-1-2-8(13-12-7)10-3-6-4-14-5-11-6/h1-2,4-5H,3H2,(H,10,13). The summed E-state index contributed by atoms with van der Waals surface area (Å²) in [6, 6.07) is 3.41. The maximum absolute atomic E-state index is 5.58. The van der Waals surface area contributed by atoms with E-state index in [1.807, 2.05) is 0 Å². The van der Waals surface area contributed by atoms with E-state index >= 15 is 0 Å². The van der Waals surface area contributed by atoms with Gasteiger partial charge in [0.05, 0.1) is 12.2 Å². The summed E-state index contributed by atoms with van der Waals surface area (Å²) in [5, 5.41) is 10.9. The SMILES string of the molecule is Clc1ccc(NCc2cocn2)nn1. The molecular weight excluding hydrogens is 204 g/mol. The van der Waals surface area contributed by atoms with Gasteiger partial charge in [0.15, 0.2) is 11.5 Å². The van der Waals surface area contributed by atoms with Crippen LogP contribution in [0.25, 0.3) is 0 Å². The van der Waals surface area contributed by atoms with Gasteiger partial charge in [-0.15, -0.1) is 10.2 Å². The molecule has 5 nitrogen and oxygen atoms in total. The Morgan fingerprint density at radius 3 is 2.93 bits per heavy atom. The van der Waals surface area contributed by atoms with Gasteiger partial charge in [0.25, 0.3) is 0 Å². The normalized spacial score (nSPS) is 10.1. The lowest BCUT2D eigenvalue weighted by atomic mass is 10.4.